The topological polar surface area (TPSA) is 112 Å². The third-order valence-corrected chi connectivity index (χ3v) is 12.0. The Bertz CT molecular complexity index is 1960. The van der Waals surface area contributed by atoms with Crippen LogP contribution in [0.5, 0.6) is 17.6 Å². The van der Waals surface area contributed by atoms with Gasteiger partial charge in [-0.25, -0.2) is 18.6 Å². The molecule has 1 aliphatic carbocycles. The van der Waals surface area contributed by atoms with E-state index in [2.05, 4.69) is 9.80 Å². The molecule has 0 spiro atoms. The smallest absolute Gasteiger partial charge is 0.410 e. The molecule has 9 rings (SSSR count). The maximum Gasteiger partial charge on any atom is 0.410 e. The van der Waals surface area contributed by atoms with Gasteiger partial charge in [0.1, 0.15) is 53.2 Å². The number of carbonyl (C=O) groups excluding carboxylic acids is 1. The van der Waals surface area contributed by atoms with Crippen molar-refractivity contribution in [3.63, 3.8) is 0 Å². The van der Waals surface area contributed by atoms with E-state index in [4.69, 9.17) is 50.2 Å². The lowest BCUT2D eigenvalue weighted by Gasteiger charge is -2.46. The number of methoxy groups -OCH3 is 1. The highest BCUT2D eigenvalue weighted by atomic mass is 35.5. The first-order valence-corrected chi connectivity index (χ1v) is 19.1. The number of piperazine rings is 1. The molecule has 53 heavy (non-hydrogen) atoms. The molecule has 284 valence electrons. The molecule has 6 aliphatic rings. The number of carbonyl (C=O) groups is 1. The van der Waals surface area contributed by atoms with E-state index in [9.17, 15) is 9.18 Å². The van der Waals surface area contributed by atoms with Crippen molar-refractivity contribution >= 4 is 34.4 Å². The molecule has 1 amide bonds. The molecular formula is C38H45ClF2N6O6. The van der Waals surface area contributed by atoms with E-state index in [0.717, 1.165) is 50.6 Å². The van der Waals surface area contributed by atoms with Crippen LogP contribution >= 0.6 is 11.6 Å². The van der Waals surface area contributed by atoms with Crippen molar-refractivity contribution in [1.82, 2.24) is 24.8 Å². The predicted molar refractivity (Wildman–Crippen MR) is 192 cm³/mol. The summed E-state index contributed by atoms with van der Waals surface area (Å²) in [5.41, 5.74) is 0.204. The number of hydrogen-bond donors (Lipinski definition) is 0. The highest BCUT2D eigenvalue weighted by Gasteiger charge is 2.53. The van der Waals surface area contributed by atoms with Crippen LogP contribution < -0.4 is 19.1 Å². The van der Waals surface area contributed by atoms with E-state index < -0.39 is 23.1 Å². The second-order valence-corrected chi connectivity index (χ2v) is 16.8. The molecular weight excluding hydrogens is 710 g/mol. The number of anilines is 1. The minimum atomic E-state index is -0.930. The van der Waals surface area contributed by atoms with Crippen molar-refractivity contribution in [2.75, 3.05) is 51.7 Å². The molecule has 2 aromatic heterocycles. The Morgan fingerprint density at radius 3 is 2.70 bits per heavy atom. The van der Waals surface area contributed by atoms with Gasteiger partial charge >= 0.3 is 12.1 Å². The summed E-state index contributed by atoms with van der Waals surface area (Å²) in [6.07, 6.45) is 4.20. The van der Waals surface area contributed by atoms with Crippen LogP contribution in [0.15, 0.2) is 12.1 Å². The van der Waals surface area contributed by atoms with Crippen molar-refractivity contribution in [3.05, 3.63) is 28.5 Å². The number of pyridine rings is 1. The van der Waals surface area contributed by atoms with Gasteiger partial charge < -0.3 is 28.6 Å². The number of nitrogens with zero attached hydrogens (tertiary/aromatic N) is 6. The Hall–Kier alpha value is -3.75. The average Bonchev–Trinajstić information content (AvgIpc) is 3.72. The van der Waals surface area contributed by atoms with Crippen molar-refractivity contribution in [1.29, 1.82) is 0 Å². The normalized spacial score (nSPS) is 27.8. The summed E-state index contributed by atoms with van der Waals surface area (Å²) in [6, 6.07) is 2.73. The molecule has 15 heteroatoms. The monoisotopic (exact) mass is 754 g/mol. The van der Waals surface area contributed by atoms with E-state index in [1.807, 2.05) is 25.7 Å². The van der Waals surface area contributed by atoms with Gasteiger partial charge in [0.25, 0.3) is 0 Å². The van der Waals surface area contributed by atoms with E-state index in [1.54, 1.807) is 12.1 Å². The van der Waals surface area contributed by atoms with Gasteiger partial charge in [0.15, 0.2) is 12.6 Å². The third kappa shape index (κ3) is 6.08. The number of alkyl halides is 1. The number of amides is 1. The van der Waals surface area contributed by atoms with Gasteiger partial charge in [0.05, 0.1) is 23.7 Å². The molecule has 0 unspecified atom stereocenters. The Morgan fingerprint density at radius 2 is 1.92 bits per heavy atom. The summed E-state index contributed by atoms with van der Waals surface area (Å²) in [6.45, 7) is 7.52. The van der Waals surface area contributed by atoms with Gasteiger partial charge in [0.2, 0.25) is 5.88 Å². The van der Waals surface area contributed by atoms with Crippen LogP contribution in [-0.4, -0.2) is 113 Å². The molecule has 1 aromatic carbocycles. The SMILES string of the molecule is COCOc1cc(Cl)c(C2CC2)c(-c2nc3c4c(nc(OC[C@]56CCCN5C[C@@H](F)C6)nc4c2F)N2C[C@@H]4CC[C@H]([C@@H]2CO3)N4C(=O)OC(C)(C)C)c1. The van der Waals surface area contributed by atoms with Crippen LogP contribution in [0, 0.1) is 5.82 Å². The lowest BCUT2D eigenvalue weighted by molar-refractivity contribution is 0.00537. The Balaban J connectivity index is 1.17. The number of ether oxygens (including phenoxy) is 5. The molecule has 4 saturated heterocycles. The molecule has 0 N–H and O–H groups in total. The Labute approximate surface area is 312 Å². The molecule has 12 nitrogen and oxygen atoms in total. The largest absolute Gasteiger partial charge is 0.475 e. The number of fused-ring (bicyclic) bond motifs is 6. The van der Waals surface area contributed by atoms with Crippen molar-refractivity contribution in [2.24, 2.45) is 0 Å². The Kier molecular flexibility index (Phi) is 8.54. The summed E-state index contributed by atoms with van der Waals surface area (Å²) < 4.78 is 61.7. The van der Waals surface area contributed by atoms with Crippen LogP contribution in [0.2, 0.25) is 5.02 Å². The minimum absolute atomic E-state index is 0.00164. The lowest BCUT2D eigenvalue weighted by Crippen LogP contribution is -2.63. The third-order valence-electron chi connectivity index (χ3n) is 11.7. The van der Waals surface area contributed by atoms with Gasteiger partial charge in [-0.2, -0.15) is 9.97 Å². The quantitative estimate of drug-likeness (QED) is 0.231. The zero-order valence-electron chi connectivity index (χ0n) is 30.5. The maximum atomic E-state index is 17.4. The van der Waals surface area contributed by atoms with Crippen molar-refractivity contribution in [3.8, 4) is 28.9 Å². The number of benzene rings is 1. The number of aromatic nitrogens is 3. The van der Waals surface area contributed by atoms with Crippen LogP contribution in [0.1, 0.15) is 77.2 Å². The van der Waals surface area contributed by atoms with E-state index >= 15 is 4.39 Å². The fourth-order valence-corrected chi connectivity index (χ4v) is 9.70. The highest BCUT2D eigenvalue weighted by molar-refractivity contribution is 6.32. The van der Waals surface area contributed by atoms with E-state index in [0.29, 0.717) is 47.1 Å². The molecule has 7 heterocycles. The van der Waals surface area contributed by atoms with Gasteiger partial charge in [0, 0.05) is 37.2 Å². The summed E-state index contributed by atoms with van der Waals surface area (Å²) in [5.74, 6) is 0.518. The first-order chi connectivity index (χ1) is 25.4. The zero-order valence-corrected chi connectivity index (χ0v) is 31.3. The van der Waals surface area contributed by atoms with E-state index in [1.165, 1.54) is 7.11 Å². The van der Waals surface area contributed by atoms with Gasteiger partial charge in [-0.05, 0) is 89.5 Å². The minimum Gasteiger partial charge on any atom is -0.475 e. The summed E-state index contributed by atoms with van der Waals surface area (Å²) >= 11 is 6.86. The second-order valence-electron chi connectivity index (χ2n) is 16.4. The lowest BCUT2D eigenvalue weighted by atomic mass is 9.95. The predicted octanol–water partition coefficient (Wildman–Crippen LogP) is 6.65. The Morgan fingerprint density at radius 1 is 1.09 bits per heavy atom. The molecule has 0 radical (unpaired) electrons. The summed E-state index contributed by atoms with van der Waals surface area (Å²) in [5, 5.41) is 0.789. The molecule has 3 aromatic rings. The van der Waals surface area contributed by atoms with Gasteiger partial charge in [-0.15, -0.1) is 0 Å². The average molecular weight is 755 g/mol. The maximum absolute atomic E-state index is 17.4. The fourth-order valence-electron chi connectivity index (χ4n) is 9.34. The van der Waals surface area contributed by atoms with Gasteiger partial charge in [-0.3, -0.25) is 9.80 Å². The molecule has 2 bridgehead atoms. The molecule has 5 atom stereocenters. The summed E-state index contributed by atoms with van der Waals surface area (Å²) in [4.78, 5) is 34.2. The van der Waals surface area contributed by atoms with E-state index in [-0.39, 0.29) is 73.2 Å². The zero-order chi connectivity index (χ0) is 36.8. The first kappa shape index (κ1) is 35.0. The van der Waals surface area contributed by atoms with Crippen molar-refractivity contribution < 1.29 is 37.3 Å². The first-order valence-electron chi connectivity index (χ1n) is 18.7. The van der Waals surface area contributed by atoms with Gasteiger partial charge in [-0.1, -0.05) is 11.6 Å². The number of rotatable bonds is 8. The number of halogens is 3. The fraction of sp³-hybridized carbons (Fsp3) is 0.632. The summed E-state index contributed by atoms with van der Waals surface area (Å²) in [7, 11) is 1.52. The standard InChI is InChI=1S/C38H45ClF2N6O6/c1-37(2,3)53-36(48)47-22-8-9-26(47)27-17-50-34-29-32(30(41)31(42-34)24-12-23(52-19-49-4)13-25(39)28(24)20-6-7-20)43-35(44-33(29)46(27)16-22)51-18-38-10-5-11-45(38)15-21(40)14-38/h12-13,20-22,26-27H,5-11,14-19H2,1-4H3/t21-,22-,26+,27-,38+/m0/s1. The highest BCUT2D eigenvalue weighted by Crippen LogP contribution is 2.51. The molecule has 5 aliphatic heterocycles. The van der Waals surface area contributed by atoms with Crippen LogP contribution in [-0.2, 0) is 9.47 Å². The van der Waals surface area contributed by atoms with Crippen LogP contribution in [0.4, 0.5) is 19.4 Å². The molecule has 1 saturated carbocycles. The molecule has 5 fully saturated rings. The van der Waals surface area contributed by atoms with Crippen LogP contribution in [0.25, 0.3) is 22.2 Å². The van der Waals surface area contributed by atoms with Crippen molar-refractivity contribution in [2.45, 2.75) is 107 Å². The van der Waals surface area contributed by atoms with Crippen LogP contribution in [0.3, 0.4) is 0 Å². The number of hydrogen-bond acceptors (Lipinski definition) is 11. The second kappa shape index (κ2) is 12.9.